The highest BCUT2D eigenvalue weighted by molar-refractivity contribution is 5.59. The van der Waals surface area contributed by atoms with Crippen molar-refractivity contribution in [2.45, 2.75) is 45.1 Å². The summed E-state index contributed by atoms with van der Waals surface area (Å²) in [6.45, 7) is 2.48. The summed E-state index contributed by atoms with van der Waals surface area (Å²) in [5.41, 5.74) is 1.21. The number of benzene rings is 1. The van der Waals surface area contributed by atoms with E-state index < -0.39 is 6.16 Å². The Balaban J connectivity index is 1.70. The molecule has 23 heavy (non-hydrogen) atoms. The molecule has 0 aliphatic heterocycles. The van der Waals surface area contributed by atoms with Gasteiger partial charge in [0.1, 0.15) is 19.0 Å². The van der Waals surface area contributed by atoms with Crippen molar-refractivity contribution in [3.8, 4) is 5.75 Å². The van der Waals surface area contributed by atoms with Crippen LogP contribution in [0.15, 0.2) is 24.3 Å². The largest absolute Gasteiger partial charge is 0.508 e. The normalized spacial score (nSPS) is 20.8. The maximum absolute atomic E-state index is 11.0. The van der Waals surface area contributed by atoms with Gasteiger partial charge >= 0.3 is 6.16 Å². The molecule has 0 unspecified atom stereocenters. The van der Waals surface area contributed by atoms with Gasteiger partial charge in [-0.15, -0.1) is 0 Å². The Hall–Kier alpha value is -1.75. The molecule has 0 bridgehead atoms. The van der Waals surface area contributed by atoms with Crippen LogP contribution < -0.4 is 4.74 Å². The maximum Gasteiger partial charge on any atom is 0.508 e. The van der Waals surface area contributed by atoms with E-state index in [1.54, 1.807) is 6.92 Å². The molecule has 1 fully saturated rings. The van der Waals surface area contributed by atoms with E-state index in [0.717, 1.165) is 31.4 Å². The first kappa shape index (κ1) is 17.6. The predicted octanol–water partition coefficient (Wildman–Crippen LogP) is 3.33. The Labute approximate surface area is 137 Å². The van der Waals surface area contributed by atoms with Crippen molar-refractivity contribution < 1.29 is 24.1 Å². The number of carbonyl (C=O) groups is 1. The molecule has 0 aromatic heterocycles. The summed E-state index contributed by atoms with van der Waals surface area (Å²) in [6, 6.07) is 7.88. The van der Waals surface area contributed by atoms with Gasteiger partial charge in [-0.05, 0) is 49.8 Å². The first-order valence-electron chi connectivity index (χ1n) is 8.38. The lowest BCUT2D eigenvalue weighted by atomic mass is 9.82. The smallest absolute Gasteiger partial charge is 0.490 e. The molecule has 1 aliphatic rings. The number of hydrogen-bond donors (Lipinski definition) is 1. The fraction of sp³-hybridized carbons (Fsp3) is 0.611. The summed E-state index contributed by atoms with van der Waals surface area (Å²) in [4.78, 5) is 11.0. The van der Waals surface area contributed by atoms with E-state index in [-0.39, 0.29) is 12.7 Å². The summed E-state index contributed by atoms with van der Waals surface area (Å²) in [5, 5.41) is 10.0. The molecule has 1 N–H and O–H groups in total. The lowest BCUT2D eigenvalue weighted by Gasteiger charge is -2.27. The minimum atomic E-state index is -0.669. The van der Waals surface area contributed by atoms with Gasteiger partial charge in [0.2, 0.25) is 0 Å². The van der Waals surface area contributed by atoms with E-state index in [4.69, 9.17) is 9.47 Å². The van der Waals surface area contributed by atoms with Crippen molar-refractivity contribution in [1.82, 2.24) is 0 Å². The molecule has 1 aromatic carbocycles. The van der Waals surface area contributed by atoms with Crippen molar-refractivity contribution in [2.75, 3.05) is 19.8 Å². The second-order valence-electron chi connectivity index (χ2n) is 5.84. The Bertz CT molecular complexity index is 471. The lowest BCUT2D eigenvalue weighted by Crippen LogP contribution is -2.26. The predicted molar refractivity (Wildman–Crippen MR) is 86.6 cm³/mol. The Morgan fingerprint density at radius 1 is 1.13 bits per heavy atom. The van der Waals surface area contributed by atoms with Crippen LogP contribution in [0.25, 0.3) is 0 Å². The molecule has 128 valence electrons. The summed E-state index contributed by atoms with van der Waals surface area (Å²) >= 11 is 0. The number of rotatable bonds is 7. The van der Waals surface area contributed by atoms with Gasteiger partial charge in [0, 0.05) is 0 Å². The molecule has 0 spiro atoms. The zero-order valence-corrected chi connectivity index (χ0v) is 13.7. The number of aliphatic hydroxyl groups is 1. The van der Waals surface area contributed by atoms with Gasteiger partial charge in [-0.2, -0.15) is 0 Å². The SMILES string of the molecule is CCOC(=O)OCCOc1ccc(C[C@H]2CCCC[C@H]2O)cc1. The van der Waals surface area contributed by atoms with Crippen LogP contribution in [0.5, 0.6) is 5.75 Å². The van der Waals surface area contributed by atoms with E-state index in [0.29, 0.717) is 19.1 Å². The number of ether oxygens (including phenoxy) is 3. The van der Waals surface area contributed by atoms with Gasteiger partial charge < -0.3 is 19.3 Å². The molecule has 2 atom stereocenters. The second-order valence-corrected chi connectivity index (χ2v) is 5.84. The highest BCUT2D eigenvalue weighted by Crippen LogP contribution is 2.27. The zero-order valence-electron chi connectivity index (χ0n) is 13.7. The minimum absolute atomic E-state index is 0.162. The van der Waals surface area contributed by atoms with Crippen LogP contribution in [0.3, 0.4) is 0 Å². The fourth-order valence-corrected chi connectivity index (χ4v) is 2.89. The van der Waals surface area contributed by atoms with Crippen molar-refractivity contribution >= 4 is 6.16 Å². The monoisotopic (exact) mass is 322 g/mol. The van der Waals surface area contributed by atoms with Crippen molar-refractivity contribution in [1.29, 1.82) is 0 Å². The van der Waals surface area contributed by atoms with Crippen LogP contribution in [-0.4, -0.2) is 37.2 Å². The Morgan fingerprint density at radius 3 is 2.57 bits per heavy atom. The quantitative estimate of drug-likeness (QED) is 0.616. The van der Waals surface area contributed by atoms with Crippen molar-refractivity contribution in [3.05, 3.63) is 29.8 Å². The minimum Gasteiger partial charge on any atom is -0.490 e. The fourth-order valence-electron chi connectivity index (χ4n) is 2.89. The lowest BCUT2D eigenvalue weighted by molar-refractivity contribution is 0.0495. The summed E-state index contributed by atoms with van der Waals surface area (Å²) in [6.07, 6.45) is 4.45. The topological polar surface area (TPSA) is 65.0 Å². The van der Waals surface area contributed by atoms with Crippen molar-refractivity contribution in [3.63, 3.8) is 0 Å². The highest BCUT2D eigenvalue weighted by atomic mass is 16.7. The molecule has 0 heterocycles. The summed E-state index contributed by atoms with van der Waals surface area (Å²) < 4.78 is 15.0. The van der Waals surface area contributed by atoms with E-state index in [9.17, 15) is 9.90 Å². The summed E-state index contributed by atoms with van der Waals surface area (Å²) in [7, 11) is 0. The third-order valence-electron chi connectivity index (χ3n) is 4.12. The molecule has 5 nitrogen and oxygen atoms in total. The van der Waals surface area contributed by atoms with Gasteiger partial charge in [0.05, 0.1) is 12.7 Å². The Morgan fingerprint density at radius 2 is 1.87 bits per heavy atom. The molecule has 1 aromatic rings. The average molecular weight is 322 g/mol. The van der Waals surface area contributed by atoms with Gasteiger partial charge in [-0.25, -0.2) is 4.79 Å². The second kappa shape index (κ2) is 9.40. The summed E-state index contributed by atoms with van der Waals surface area (Å²) in [5.74, 6) is 1.11. The van der Waals surface area contributed by atoms with Crippen molar-refractivity contribution in [2.24, 2.45) is 5.92 Å². The van der Waals surface area contributed by atoms with Gasteiger partial charge in [-0.3, -0.25) is 0 Å². The van der Waals surface area contributed by atoms with Crippen LogP contribution in [0, 0.1) is 5.92 Å². The molecule has 1 saturated carbocycles. The number of hydrogen-bond acceptors (Lipinski definition) is 5. The van der Waals surface area contributed by atoms with E-state index in [2.05, 4.69) is 4.74 Å². The average Bonchev–Trinajstić information content (AvgIpc) is 2.55. The maximum atomic E-state index is 11.0. The first-order valence-corrected chi connectivity index (χ1v) is 8.38. The van der Waals surface area contributed by atoms with Crippen LogP contribution in [0.2, 0.25) is 0 Å². The van der Waals surface area contributed by atoms with Gasteiger partial charge in [0.15, 0.2) is 0 Å². The van der Waals surface area contributed by atoms with Crippen LogP contribution in [-0.2, 0) is 15.9 Å². The molecule has 0 saturated heterocycles. The van der Waals surface area contributed by atoms with Gasteiger partial charge in [-0.1, -0.05) is 25.0 Å². The molecule has 2 rings (SSSR count). The third-order valence-corrected chi connectivity index (χ3v) is 4.12. The molecule has 0 amide bonds. The Kier molecular flexibility index (Phi) is 7.20. The van der Waals surface area contributed by atoms with Gasteiger partial charge in [0.25, 0.3) is 0 Å². The third kappa shape index (κ3) is 6.10. The van der Waals surface area contributed by atoms with E-state index >= 15 is 0 Å². The zero-order chi connectivity index (χ0) is 16.5. The molecular weight excluding hydrogens is 296 g/mol. The first-order chi connectivity index (χ1) is 11.2. The number of carbonyl (C=O) groups excluding carboxylic acids is 1. The molecular formula is C18H26O5. The number of aliphatic hydroxyl groups excluding tert-OH is 1. The van der Waals surface area contributed by atoms with Crippen LogP contribution in [0.4, 0.5) is 4.79 Å². The van der Waals surface area contributed by atoms with Crippen LogP contribution >= 0.6 is 0 Å². The van der Waals surface area contributed by atoms with Crippen LogP contribution in [0.1, 0.15) is 38.2 Å². The molecule has 0 radical (unpaired) electrons. The highest BCUT2D eigenvalue weighted by Gasteiger charge is 2.22. The van der Waals surface area contributed by atoms with E-state index in [1.807, 2.05) is 24.3 Å². The standard InChI is InChI=1S/C18H26O5/c1-2-21-18(20)23-12-11-22-16-9-7-14(8-10-16)13-15-5-3-4-6-17(15)19/h7-10,15,17,19H,2-6,11-13H2,1H3/t15-,17-/m1/s1. The molecule has 5 heteroatoms. The van der Waals surface area contributed by atoms with E-state index in [1.165, 1.54) is 12.0 Å². The molecule has 1 aliphatic carbocycles.